The summed E-state index contributed by atoms with van der Waals surface area (Å²) in [6.07, 6.45) is 4.52. The summed E-state index contributed by atoms with van der Waals surface area (Å²) in [5.41, 5.74) is 0. The number of hydrogen-bond acceptors (Lipinski definition) is 5. The molecule has 7 heteroatoms. The maximum atomic E-state index is 11.8. The molecule has 0 radical (unpaired) electrons. The zero-order chi connectivity index (χ0) is 15.0. The predicted octanol–water partition coefficient (Wildman–Crippen LogP) is 0.187. The highest BCUT2D eigenvalue weighted by molar-refractivity contribution is 7.91. The average molecular weight is 316 g/mol. The SMILES string of the molecule is O=C(O)CC1CS(=O)(=O)CCN1C1CCN2CCCC2C1. The van der Waals surface area contributed by atoms with E-state index in [0.717, 1.165) is 19.4 Å². The first-order chi connectivity index (χ1) is 9.94. The minimum atomic E-state index is -3.08. The molecule has 0 aromatic heterocycles. The molecule has 3 rings (SSSR count). The molecule has 0 aromatic carbocycles. The maximum absolute atomic E-state index is 11.8. The van der Waals surface area contributed by atoms with Crippen LogP contribution in [-0.4, -0.2) is 78.6 Å². The van der Waals surface area contributed by atoms with E-state index in [4.69, 9.17) is 5.11 Å². The Bertz CT molecular complexity index is 507. The van der Waals surface area contributed by atoms with Gasteiger partial charge in [-0.25, -0.2) is 8.42 Å². The molecule has 21 heavy (non-hydrogen) atoms. The van der Waals surface area contributed by atoms with Crippen LogP contribution in [0.25, 0.3) is 0 Å². The molecule has 0 aliphatic carbocycles. The summed E-state index contributed by atoms with van der Waals surface area (Å²) in [5, 5.41) is 9.07. The van der Waals surface area contributed by atoms with E-state index in [-0.39, 0.29) is 24.0 Å². The Morgan fingerprint density at radius 2 is 1.95 bits per heavy atom. The molecule has 3 aliphatic heterocycles. The van der Waals surface area contributed by atoms with Crippen LogP contribution in [0.3, 0.4) is 0 Å². The molecule has 3 atom stereocenters. The van der Waals surface area contributed by atoms with Gasteiger partial charge in [-0.05, 0) is 38.8 Å². The van der Waals surface area contributed by atoms with Gasteiger partial charge in [0, 0.05) is 24.7 Å². The van der Waals surface area contributed by atoms with E-state index in [1.54, 1.807) is 0 Å². The fourth-order valence-corrected chi connectivity index (χ4v) is 5.81. The van der Waals surface area contributed by atoms with Crippen molar-refractivity contribution in [3.05, 3.63) is 0 Å². The zero-order valence-corrected chi connectivity index (χ0v) is 13.1. The molecule has 1 N–H and O–H groups in total. The summed E-state index contributed by atoms with van der Waals surface area (Å²) in [7, 11) is -3.08. The minimum Gasteiger partial charge on any atom is -0.481 e. The highest BCUT2D eigenvalue weighted by Crippen LogP contribution is 2.31. The van der Waals surface area contributed by atoms with Gasteiger partial charge in [0.1, 0.15) is 0 Å². The second-order valence-electron chi connectivity index (χ2n) is 6.61. The second kappa shape index (κ2) is 5.85. The van der Waals surface area contributed by atoms with Crippen LogP contribution in [-0.2, 0) is 14.6 Å². The summed E-state index contributed by atoms with van der Waals surface area (Å²) in [5.74, 6) is -0.724. The van der Waals surface area contributed by atoms with Crippen molar-refractivity contribution >= 4 is 15.8 Å². The van der Waals surface area contributed by atoms with Crippen molar-refractivity contribution in [1.29, 1.82) is 0 Å². The molecular weight excluding hydrogens is 292 g/mol. The number of hydrogen-bond donors (Lipinski definition) is 1. The Morgan fingerprint density at radius 3 is 2.71 bits per heavy atom. The Labute approximate surface area is 126 Å². The lowest BCUT2D eigenvalue weighted by Crippen LogP contribution is -2.57. The molecule has 3 fully saturated rings. The molecule has 3 aliphatic rings. The van der Waals surface area contributed by atoms with Gasteiger partial charge in [0.15, 0.2) is 9.84 Å². The number of rotatable bonds is 3. The number of carboxylic acid groups (broad SMARTS) is 1. The van der Waals surface area contributed by atoms with Crippen LogP contribution in [0.4, 0.5) is 0 Å². The number of sulfone groups is 1. The van der Waals surface area contributed by atoms with Gasteiger partial charge in [-0.1, -0.05) is 0 Å². The van der Waals surface area contributed by atoms with E-state index in [1.807, 2.05) is 0 Å². The third-order valence-corrected chi connectivity index (χ3v) is 6.95. The van der Waals surface area contributed by atoms with E-state index in [0.29, 0.717) is 18.6 Å². The molecule has 3 unspecified atom stereocenters. The number of fused-ring (bicyclic) bond motifs is 1. The number of aliphatic carboxylic acids is 1. The third-order valence-electron chi connectivity index (χ3n) is 5.25. The molecular formula is C14H24N2O4S. The van der Waals surface area contributed by atoms with E-state index >= 15 is 0 Å². The van der Waals surface area contributed by atoms with Crippen molar-refractivity contribution in [3.8, 4) is 0 Å². The van der Waals surface area contributed by atoms with Crippen molar-refractivity contribution in [3.63, 3.8) is 0 Å². The Kier molecular flexibility index (Phi) is 4.25. The normalized spacial score (nSPS) is 37.2. The lowest BCUT2D eigenvalue weighted by Gasteiger charge is -2.45. The van der Waals surface area contributed by atoms with E-state index in [9.17, 15) is 13.2 Å². The quantitative estimate of drug-likeness (QED) is 0.801. The van der Waals surface area contributed by atoms with Gasteiger partial charge < -0.3 is 10.0 Å². The van der Waals surface area contributed by atoms with E-state index < -0.39 is 15.8 Å². The molecule has 6 nitrogen and oxygen atoms in total. The van der Waals surface area contributed by atoms with Crippen molar-refractivity contribution in [1.82, 2.24) is 9.80 Å². The average Bonchev–Trinajstić information content (AvgIpc) is 2.84. The van der Waals surface area contributed by atoms with E-state index in [1.165, 1.54) is 19.4 Å². The molecule has 0 amide bonds. The predicted molar refractivity (Wildman–Crippen MR) is 79.0 cm³/mol. The van der Waals surface area contributed by atoms with Gasteiger partial charge >= 0.3 is 5.97 Å². The van der Waals surface area contributed by atoms with Crippen molar-refractivity contribution < 1.29 is 18.3 Å². The van der Waals surface area contributed by atoms with Crippen LogP contribution in [0.2, 0.25) is 0 Å². The first-order valence-corrected chi connectivity index (χ1v) is 9.69. The minimum absolute atomic E-state index is 0.00415. The third kappa shape index (κ3) is 3.40. The molecule has 3 heterocycles. The number of piperidine rings is 1. The molecule has 0 saturated carbocycles. The maximum Gasteiger partial charge on any atom is 0.304 e. The van der Waals surface area contributed by atoms with E-state index in [2.05, 4.69) is 9.80 Å². The largest absolute Gasteiger partial charge is 0.481 e. The van der Waals surface area contributed by atoms with Crippen LogP contribution in [0.15, 0.2) is 0 Å². The van der Waals surface area contributed by atoms with Gasteiger partial charge in [0.25, 0.3) is 0 Å². The highest BCUT2D eigenvalue weighted by Gasteiger charge is 2.40. The van der Waals surface area contributed by atoms with Gasteiger partial charge in [-0.15, -0.1) is 0 Å². The molecule has 0 spiro atoms. The number of nitrogens with zero attached hydrogens (tertiary/aromatic N) is 2. The van der Waals surface area contributed by atoms with Crippen molar-refractivity contribution in [2.24, 2.45) is 0 Å². The fraction of sp³-hybridized carbons (Fsp3) is 0.929. The standard InChI is InChI=1S/C14H24N2O4S/c17-14(18)9-13-10-21(19,20)7-6-16(13)12-3-5-15-4-1-2-11(15)8-12/h11-13H,1-10H2,(H,17,18). The summed E-state index contributed by atoms with van der Waals surface area (Å²) in [6.45, 7) is 2.75. The van der Waals surface area contributed by atoms with Gasteiger partial charge in [0.2, 0.25) is 0 Å². The van der Waals surface area contributed by atoms with Crippen LogP contribution in [0.1, 0.15) is 32.1 Å². The molecule has 0 aromatic rings. The van der Waals surface area contributed by atoms with Gasteiger partial charge in [-0.3, -0.25) is 9.69 Å². The van der Waals surface area contributed by atoms with Gasteiger partial charge in [-0.2, -0.15) is 0 Å². The number of carbonyl (C=O) groups is 1. The Balaban J connectivity index is 1.71. The topological polar surface area (TPSA) is 77.9 Å². The zero-order valence-electron chi connectivity index (χ0n) is 12.3. The van der Waals surface area contributed by atoms with Crippen molar-refractivity contribution in [2.75, 3.05) is 31.1 Å². The Morgan fingerprint density at radius 1 is 1.14 bits per heavy atom. The smallest absolute Gasteiger partial charge is 0.304 e. The van der Waals surface area contributed by atoms with Crippen LogP contribution < -0.4 is 0 Å². The van der Waals surface area contributed by atoms with Gasteiger partial charge in [0.05, 0.1) is 17.9 Å². The highest BCUT2D eigenvalue weighted by atomic mass is 32.2. The summed E-state index contributed by atoms with van der Waals surface area (Å²) >= 11 is 0. The molecule has 0 bridgehead atoms. The lowest BCUT2D eigenvalue weighted by molar-refractivity contribution is -0.138. The van der Waals surface area contributed by atoms with Crippen LogP contribution >= 0.6 is 0 Å². The molecule has 120 valence electrons. The summed E-state index contributed by atoms with van der Waals surface area (Å²) in [6, 6.07) is 0.621. The van der Waals surface area contributed by atoms with Crippen molar-refractivity contribution in [2.45, 2.75) is 50.2 Å². The van der Waals surface area contributed by atoms with Crippen LogP contribution in [0.5, 0.6) is 0 Å². The summed E-state index contributed by atoms with van der Waals surface area (Å²) in [4.78, 5) is 15.8. The fourth-order valence-electron chi connectivity index (χ4n) is 4.26. The number of carboxylic acids is 1. The van der Waals surface area contributed by atoms with Crippen LogP contribution in [0, 0.1) is 0 Å². The Hall–Kier alpha value is -0.660. The monoisotopic (exact) mass is 316 g/mol. The first-order valence-electron chi connectivity index (χ1n) is 7.86. The molecule has 3 saturated heterocycles. The summed E-state index contributed by atoms with van der Waals surface area (Å²) < 4.78 is 23.7. The second-order valence-corrected chi connectivity index (χ2v) is 8.84. The lowest BCUT2D eigenvalue weighted by atomic mass is 9.94. The first kappa shape index (κ1) is 15.2.